The smallest absolute Gasteiger partial charge is 0.238 e. The number of benzene rings is 2. The van der Waals surface area contributed by atoms with Crippen LogP contribution in [0, 0.1) is 0 Å². The van der Waals surface area contributed by atoms with Gasteiger partial charge in [0.15, 0.2) is 0 Å². The van der Waals surface area contributed by atoms with Crippen molar-refractivity contribution in [2.75, 3.05) is 18.9 Å². The van der Waals surface area contributed by atoms with Gasteiger partial charge in [0.05, 0.1) is 13.2 Å². The number of nitrogens with one attached hydrogen (secondary N) is 1. The zero-order chi connectivity index (χ0) is 15.9. The molecule has 0 saturated carbocycles. The maximum absolute atomic E-state index is 12.0. The minimum absolute atomic E-state index is 0.0398. The highest BCUT2D eigenvalue weighted by Crippen LogP contribution is 2.15. The fraction of sp³-hybridized carbons (Fsp3) is 0.235. The van der Waals surface area contributed by atoms with Gasteiger partial charge in [-0.1, -0.05) is 41.9 Å². The number of nitrogens with zero attached hydrogens (tertiary/aromatic N) is 1. The number of carbonyl (C=O) groups excluding carboxylic acids is 1. The Balaban J connectivity index is 1.85. The molecule has 0 bridgehead atoms. The molecular weight excluding hydrogens is 300 g/mol. The fourth-order valence-corrected chi connectivity index (χ4v) is 2.32. The summed E-state index contributed by atoms with van der Waals surface area (Å²) in [5.41, 5.74) is 2.67. The molecule has 0 atom stereocenters. The second-order valence-electron chi connectivity index (χ2n) is 5.21. The first kappa shape index (κ1) is 16.5. The number of anilines is 1. The van der Waals surface area contributed by atoms with Crippen LogP contribution in [0.3, 0.4) is 0 Å². The van der Waals surface area contributed by atoms with Crippen LogP contribution in [0.5, 0.6) is 0 Å². The van der Waals surface area contributed by atoms with Gasteiger partial charge in [-0.2, -0.15) is 0 Å². The predicted molar refractivity (Wildman–Crippen MR) is 88.8 cm³/mol. The van der Waals surface area contributed by atoms with E-state index in [4.69, 9.17) is 16.7 Å². The second kappa shape index (κ2) is 7.94. The van der Waals surface area contributed by atoms with Gasteiger partial charge in [-0.3, -0.25) is 9.69 Å². The molecule has 0 unspecified atom stereocenters. The number of hydrogen-bond acceptors (Lipinski definition) is 3. The first-order valence-electron chi connectivity index (χ1n) is 6.99. The molecule has 0 saturated heterocycles. The molecule has 0 aliphatic carbocycles. The predicted octanol–water partition coefficient (Wildman–Crippen LogP) is 2.90. The van der Waals surface area contributed by atoms with E-state index in [-0.39, 0.29) is 19.1 Å². The number of aliphatic hydroxyl groups excluding tert-OH is 1. The third-order valence-electron chi connectivity index (χ3n) is 3.18. The van der Waals surface area contributed by atoms with Crippen LogP contribution >= 0.6 is 11.6 Å². The van der Waals surface area contributed by atoms with Gasteiger partial charge in [0.1, 0.15) is 0 Å². The van der Waals surface area contributed by atoms with E-state index in [9.17, 15) is 4.79 Å². The van der Waals surface area contributed by atoms with Gasteiger partial charge >= 0.3 is 0 Å². The molecule has 5 heteroatoms. The average molecular weight is 319 g/mol. The van der Waals surface area contributed by atoms with Crippen molar-refractivity contribution in [2.45, 2.75) is 13.2 Å². The summed E-state index contributed by atoms with van der Waals surface area (Å²) in [7, 11) is 1.89. The van der Waals surface area contributed by atoms with Crippen LogP contribution in [-0.2, 0) is 17.9 Å². The lowest BCUT2D eigenvalue weighted by atomic mass is 10.1. The molecule has 0 aromatic heterocycles. The molecule has 0 aliphatic rings. The van der Waals surface area contributed by atoms with Crippen molar-refractivity contribution in [3.8, 4) is 0 Å². The highest BCUT2D eigenvalue weighted by atomic mass is 35.5. The van der Waals surface area contributed by atoms with Gasteiger partial charge in [0, 0.05) is 17.3 Å². The van der Waals surface area contributed by atoms with Gasteiger partial charge in [-0.05, 0) is 36.4 Å². The van der Waals surface area contributed by atoms with E-state index in [0.29, 0.717) is 17.3 Å². The van der Waals surface area contributed by atoms with E-state index >= 15 is 0 Å². The molecule has 0 heterocycles. The Labute approximate surface area is 135 Å². The van der Waals surface area contributed by atoms with E-state index in [2.05, 4.69) is 5.32 Å². The van der Waals surface area contributed by atoms with Gasteiger partial charge in [0.2, 0.25) is 5.91 Å². The molecule has 4 nitrogen and oxygen atoms in total. The molecule has 2 aromatic carbocycles. The Morgan fingerprint density at radius 3 is 2.50 bits per heavy atom. The van der Waals surface area contributed by atoms with Gasteiger partial charge in [0.25, 0.3) is 0 Å². The highest BCUT2D eigenvalue weighted by Gasteiger charge is 2.08. The summed E-state index contributed by atoms with van der Waals surface area (Å²) in [5, 5.41) is 12.4. The Morgan fingerprint density at radius 2 is 1.86 bits per heavy atom. The first-order valence-corrected chi connectivity index (χ1v) is 7.37. The van der Waals surface area contributed by atoms with Crippen LogP contribution in [0.25, 0.3) is 0 Å². The number of rotatable bonds is 6. The van der Waals surface area contributed by atoms with Gasteiger partial charge in [-0.25, -0.2) is 0 Å². The third kappa shape index (κ3) is 5.15. The van der Waals surface area contributed by atoms with Crippen LogP contribution in [0.2, 0.25) is 5.02 Å². The van der Waals surface area contributed by atoms with Crippen LogP contribution in [-0.4, -0.2) is 29.5 Å². The van der Waals surface area contributed by atoms with Crippen LogP contribution in [0.15, 0.2) is 48.5 Å². The zero-order valence-corrected chi connectivity index (χ0v) is 13.2. The second-order valence-corrected chi connectivity index (χ2v) is 5.64. The molecule has 2 N–H and O–H groups in total. The van der Waals surface area contributed by atoms with Crippen molar-refractivity contribution in [2.24, 2.45) is 0 Å². The lowest BCUT2D eigenvalue weighted by Crippen LogP contribution is -2.29. The summed E-state index contributed by atoms with van der Waals surface area (Å²) in [6.45, 7) is 0.987. The fourth-order valence-electron chi connectivity index (χ4n) is 2.13. The number of amides is 1. The van der Waals surface area contributed by atoms with Crippen molar-refractivity contribution < 1.29 is 9.90 Å². The minimum atomic E-state index is -0.0863. The molecule has 0 fully saturated rings. The molecule has 2 rings (SSSR count). The van der Waals surface area contributed by atoms with E-state index in [1.807, 2.05) is 36.2 Å². The van der Waals surface area contributed by atoms with Crippen molar-refractivity contribution in [1.82, 2.24) is 4.90 Å². The summed E-state index contributed by atoms with van der Waals surface area (Å²) in [6, 6.07) is 14.8. The van der Waals surface area contributed by atoms with E-state index in [0.717, 1.165) is 11.1 Å². The number of aliphatic hydroxyl groups is 1. The minimum Gasteiger partial charge on any atom is -0.392 e. The summed E-state index contributed by atoms with van der Waals surface area (Å²) in [5.74, 6) is -0.0863. The lowest BCUT2D eigenvalue weighted by Gasteiger charge is -2.16. The molecule has 0 radical (unpaired) electrons. The monoisotopic (exact) mass is 318 g/mol. The quantitative estimate of drug-likeness (QED) is 0.861. The maximum Gasteiger partial charge on any atom is 0.238 e. The van der Waals surface area contributed by atoms with E-state index < -0.39 is 0 Å². The highest BCUT2D eigenvalue weighted by molar-refractivity contribution is 6.30. The lowest BCUT2D eigenvalue weighted by molar-refractivity contribution is -0.117. The van der Waals surface area contributed by atoms with Crippen LogP contribution in [0.4, 0.5) is 5.69 Å². The van der Waals surface area contributed by atoms with E-state index in [1.54, 1.807) is 24.3 Å². The summed E-state index contributed by atoms with van der Waals surface area (Å²) in [4.78, 5) is 13.9. The number of halogens is 1. The molecule has 0 aliphatic heterocycles. The average Bonchev–Trinajstić information content (AvgIpc) is 2.47. The zero-order valence-electron chi connectivity index (χ0n) is 12.4. The topological polar surface area (TPSA) is 52.6 Å². The van der Waals surface area contributed by atoms with Crippen molar-refractivity contribution in [3.05, 3.63) is 64.7 Å². The third-order valence-corrected chi connectivity index (χ3v) is 3.42. The largest absolute Gasteiger partial charge is 0.392 e. The van der Waals surface area contributed by atoms with Gasteiger partial charge < -0.3 is 10.4 Å². The SMILES string of the molecule is CN(CC(=O)Nc1cccc(Cl)c1)Cc1ccc(CO)cc1. The van der Waals surface area contributed by atoms with Crippen molar-refractivity contribution in [1.29, 1.82) is 0 Å². The van der Waals surface area contributed by atoms with Crippen molar-refractivity contribution >= 4 is 23.2 Å². The Kier molecular flexibility index (Phi) is 5.95. The molecule has 22 heavy (non-hydrogen) atoms. The number of hydrogen-bond donors (Lipinski definition) is 2. The Morgan fingerprint density at radius 1 is 1.18 bits per heavy atom. The van der Waals surface area contributed by atoms with Crippen molar-refractivity contribution in [3.63, 3.8) is 0 Å². The maximum atomic E-state index is 12.0. The molecule has 116 valence electrons. The first-order chi connectivity index (χ1) is 10.6. The molecular formula is C17H19ClN2O2. The summed E-state index contributed by atoms with van der Waals surface area (Å²) < 4.78 is 0. The summed E-state index contributed by atoms with van der Waals surface area (Å²) >= 11 is 5.89. The van der Waals surface area contributed by atoms with Crippen LogP contribution < -0.4 is 5.32 Å². The molecule has 0 spiro atoms. The van der Waals surface area contributed by atoms with E-state index in [1.165, 1.54) is 0 Å². The van der Waals surface area contributed by atoms with Crippen LogP contribution in [0.1, 0.15) is 11.1 Å². The summed E-state index contributed by atoms with van der Waals surface area (Å²) in [6.07, 6.45) is 0. The molecule has 1 amide bonds. The number of likely N-dealkylation sites (N-methyl/N-ethyl adjacent to an activating group) is 1. The Hall–Kier alpha value is -1.88. The standard InChI is InChI=1S/C17H19ClN2O2/c1-20(10-13-5-7-14(12-21)8-6-13)11-17(22)19-16-4-2-3-15(18)9-16/h2-9,21H,10-12H2,1H3,(H,19,22). The van der Waals surface area contributed by atoms with Gasteiger partial charge in [-0.15, -0.1) is 0 Å². The Bertz CT molecular complexity index is 629. The number of carbonyl (C=O) groups is 1. The normalized spacial score (nSPS) is 10.7. The molecule has 2 aromatic rings.